The quantitative estimate of drug-likeness (QED) is 0.317. The summed E-state index contributed by atoms with van der Waals surface area (Å²) < 4.78 is 19.8. The van der Waals surface area contributed by atoms with Crippen LogP contribution in [0.4, 0.5) is 10.5 Å². The number of hydrogen-bond donors (Lipinski definition) is 2. The van der Waals surface area contributed by atoms with E-state index >= 15 is 0 Å². The topological polar surface area (TPSA) is 108 Å². The average molecular weight is 511 g/mol. The number of thioether (sulfide) groups is 1. The molecule has 1 aliphatic heterocycles. The van der Waals surface area contributed by atoms with Gasteiger partial charge in [-0.1, -0.05) is 67.7 Å². The fourth-order valence-electron chi connectivity index (χ4n) is 3.92. The third-order valence-electron chi connectivity index (χ3n) is 5.91. The molecular formula is C26H30N4O5S. The van der Waals surface area contributed by atoms with Crippen LogP contribution in [0.1, 0.15) is 36.0 Å². The Labute approximate surface area is 214 Å². The van der Waals surface area contributed by atoms with Crippen molar-refractivity contribution in [2.45, 2.75) is 37.2 Å². The Balaban J connectivity index is 1.56. The normalized spacial score (nSPS) is 21.6. The number of carbonyl (C=O) groups excluding carboxylic acids is 1. The fraction of sp³-hybridized carbons (Fsp3) is 0.346. The maximum Gasteiger partial charge on any atom is 0.411 e. The zero-order valence-corrected chi connectivity index (χ0v) is 21.1. The molecule has 0 spiro atoms. The number of aromatic nitrogens is 3. The third-order valence-corrected chi connectivity index (χ3v) is 7.03. The Hall–Kier alpha value is -3.18. The molecule has 0 radical (unpaired) electrons. The second-order valence-electron chi connectivity index (χ2n) is 8.49. The predicted molar refractivity (Wildman–Crippen MR) is 136 cm³/mol. The number of aliphatic hydroxyl groups excluding tert-OH is 1. The van der Waals surface area contributed by atoms with Crippen molar-refractivity contribution < 1.29 is 24.1 Å². The van der Waals surface area contributed by atoms with Crippen molar-refractivity contribution in [1.82, 2.24) is 14.8 Å². The molecule has 36 heavy (non-hydrogen) atoms. The molecule has 0 aliphatic carbocycles. The van der Waals surface area contributed by atoms with Crippen molar-refractivity contribution in [3.8, 4) is 0 Å². The number of ether oxygens (including phenoxy) is 3. The van der Waals surface area contributed by atoms with Crippen LogP contribution < -0.4 is 5.32 Å². The van der Waals surface area contributed by atoms with Crippen molar-refractivity contribution in [1.29, 1.82) is 0 Å². The van der Waals surface area contributed by atoms with Crippen LogP contribution in [-0.2, 0) is 27.9 Å². The van der Waals surface area contributed by atoms with Gasteiger partial charge < -0.3 is 23.9 Å². The first kappa shape index (κ1) is 25.9. The second-order valence-corrected chi connectivity index (χ2v) is 9.48. The highest BCUT2D eigenvalue weighted by Crippen LogP contribution is 2.43. The number of amides is 1. The number of rotatable bonds is 9. The van der Waals surface area contributed by atoms with E-state index in [0.29, 0.717) is 11.4 Å². The molecule has 10 heteroatoms. The number of nitrogens with zero attached hydrogens (tertiary/aromatic N) is 3. The lowest BCUT2D eigenvalue weighted by Crippen LogP contribution is -2.38. The van der Waals surface area contributed by atoms with E-state index in [0.717, 1.165) is 21.8 Å². The minimum Gasteiger partial charge on any atom is -0.445 e. The summed E-state index contributed by atoms with van der Waals surface area (Å²) in [6.07, 6.45) is 1.57. The van der Waals surface area contributed by atoms with Gasteiger partial charge in [0, 0.05) is 30.0 Å². The summed E-state index contributed by atoms with van der Waals surface area (Å²) in [5.41, 5.74) is 3.19. The van der Waals surface area contributed by atoms with Gasteiger partial charge in [0.15, 0.2) is 11.4 Å². The largest absolute Gasteiger partial charge is 0.445 e. The highest BCUT2D eigenvalue weighted by molar-refractivity contribution is 7.99. The molecule has 0 saturated carbocycles. The number of aliphatic hydroxyl groups is 1. The van der Waals surface area contributed by atoms with E-state index in [-0.39, 0.29) is 31.3 Å². The van der Waals surface area contributed by atoms with Crippen LogP contribution in [0.5, 0.6) is 0 Å². The van der Waals surface area contributed by atoms with E-state index in [1.165, 1.54) is 6.08 Å². The van der Waals surface area contributed by atoms with Crippen LogP contribution in [0.15, 0.2) is 72.7 Å². The van der Waals surface area contributed by atoms with Crippen molar-refractivity contribution in [3.63, 3.8) is 0 Å². The van der Waals surface area contributed by atoms with Gasteiger partial charge in [-0.3, -0.25) is 5.32 Å². The number of nitrogens with one attached hydrogen (secondary N) is 1. The van der Waals surface area contributed by atoms with Gasteiger partial charge in [0.05, 0.1) is 18.8 Å². The fourth-order valence-corrected chi connectivity index (χ4v) is 4.97. The summed E-state index contributed by atoms with van der Waals surface area (Å²) >= 11 is 1.58. The first-order chi connectivity index (χ1) is 17.5. The minimum absolute atomic E-state index is 0.0148. The Morgan fingerprint density at radius 3 is 2.75 bits per heavy atom. The van der Waals surface area contributed by atoms with E-state index < -0.39 is 12.4 Å². The Morgan fingerprint density at radius 2 is 2.06 bits per heavy atom. The minimum atomic E-state index is -0.653. The molecule has 2 aromatic carbocycles. The standard InChI is InChI=1S/C26H30N4O5S/c1-4-12-33-26(32)28-21-7-5-6-20(13-21)24-34-22(15-36-25-29-27-16-30(25)3)17(2)23(35-24)19-10-8-18(14-31)9-11-19/h4-11,13,16-17,22-24,31H,1,12,14-15H2,2-3H3,(H,28,32)/t17-,22+,23+,24+/m0/s1. The summed E-state index contributed by atoms with van der Waals surface area (Å²) in [6, 6.07) is 15.1. The summed E-state index contributed by atoms with van der Waals surface area (Å²) in [5.74, 6) is 0.696. The highest BCUT2D eigenvalue weighted by Gasteiger charge is 2.38. The molecule has 0 unspecified atom stereocenters. The number of carbonyl (C=O) groups is 1. The van der Waals surface area contributed by atoms with Gasteiger partial charge in [-0.25, -0.2) is 4.79 Å². The number of aryl methyl sites for hydroxylation is 1. The zero-order chi connectivity index (χ0) is 25.5. The lowest BCUT2D eigenvalue weighted by Gasteiger charge is -2.41. The molecule has 1 saturated heterocycles. The van der Waals surface area contributed by atoms with E-state index in [1.807, 2.05) is 54.1 Å². The molecule has 0 bridgehead atoms. The monoisotopic (exact) mass is 510 g/mol. The predicted octanol–water partition coefficient (Wildman–Crippen LogP) is 4.63. The molecular weight excluding hydrogens is 480 g/mol. The van der Waals surface area contributed by atoms with Crippen molar-refractivity contribution in [2.24, 2.45) is 13.0 Å². The maximum atomic E-state index is 12.0. The molecule has 2 heterocycles. The SMILES string of the molecule is C=CCOC(=O)Nc1cccc([C@@H]2O[C@H](CSc3nncn3C)[C@H](C)[C@H](c3ccc(CO)cc3)O2)c1. The van der Waals surface area contributed by atoms with Crippen LogP contribution in [-0.4, -0.2) is 44.4 Å². The van der Waals surface area contributed by atoms with Crippen LogP contribution in [0.2, 0.25) is 0 Å². The number of hydrogen-bond acceptors (Lipinski definition) is 8. The molecule has 3 aromatic rings. The summed E-state index contributed by atoms with van der Waals surface area (Å²) in [6.45, 7) is 5.76. The average Bonchev–Trinajstić information content (AvgIpc) is 3.31. The van der Waals surface area contributed by atoms with Gasteiger partial charge >= 0.3 is 6.09 Å². The van der Waals surface area contributed by atoms with Gasteiger partial charge in [-0.2, -0.15) is 0 Å². The Bertz CT molecular complexity index is 1170. The molecule has 1 amide bonds. The van der Waals surface area contributed by atoms with Gasteiger partial charge in [-0.15, -0.1) is 10.2 Å². The Morgan fingerprint density at radius 1 is 1.25 bits per heavy atom. The van der Waals surface area contributed by atoms with Crippen LogP contribution in [0.3, 0.4) is 0 Å². The van der Waals surface area contributed by atoms with Crippen LogP contribution in [0, 0.1) is 5.92 Å². The zero-order valence-electron chi connectivity index (χ0n) is 20.2. The van der Waals surface area contributed by atoms with Crippen LogP contribution >= 0.6 is 11.8 Å². The molecule has 2 N–H and O–H groups in total. The van der Waals surface area contributed by atoms with Gasteiger partial charge in [0.2, 0.25) is 0 Å². The first-order valence-corrected chi connectivity index (χ1v) is 12.6. The summed E-state index contributed by atoms with van der Waals surface area (Å²) in [7, 11) is 1.91. The van der Waals surface area contributed by atoms with E-state index in [2.05, 4.69) is 29.0 Å². The van der Waals surface area contributed by atoms with Crippen LogP contribution in [0.25, 0.3) is 0 Å². The van der Waals surface area contributed by atoms with E-state index in [1.54, 1.807) is 24.2 Å². The lowest BCUT2D eigenvalue weighted by molar-refractivity contribution is -0.268. The second kappa shape index (κ2) is 12.2. The summed E-state index contributed by atoms with van der Waals surface area (Å²) in [5, 5.41) is 21.1. The third kappa shape index (κ3) is 6.33. The molecule has 9 nitrogen and oxygen atoms in total. The molecule has 4 atom stereocenters. The number of benzene rings is 2. The molecule has 1 fully saturated rings. The van der Waals surface area contributed by atoms with E-state index in [4.69, 9.17) is 14.2 Å². The molecule has 190 valence electrons. The maximum absolute atomic E-state index is 12.0. The number of anilines is 1. The smallest absolute Gasteiger partial charge is 0.411 e. The molecule has 4 rings (SSSR count). The molecule has 1 aromatic heterocycles. The first-order valence-electron chi connectivity index (χ1n) is 11.6. The van der Waals surface area contributed by atoms with Crippen molar-refractivity contribution in [2.75, 3.05) is 17.7 Å². The Kier molecular flexibility index (Phi) is 8.76. The molecule has 1 aliphatic rings. The van der Waals surface area contributed by atoms with Gasteiger partial charge in [0.25, 0.3) is 0 Å². The lowest BCUT2D eigenvalue weighted by atomic mass is 9.91. The van der Waals surface area contributed by atoms with Crippen molar-refractivity contribution >= 4 is 23.5 Å². The summed E-state index contributed by atoms with van der Waals surface area (Å²) in [4.78, 5) is 12.0. The van der Waals surface area contributed by atoms with Crippen molar-refractivity contribution in [3.05, 3.63) is 84.2 Å². The highest BCUT2D eigenvalue weighted by atomic mass is 32.2. The van der Waals surface area contributed by atoms with E-state index in [9.17, 15) is 9.90 Å². The van der Waals surface area contributed by atoms with Gasteiger partial charge in [0.1, 0.15) is 12.9 Å². The van der Waals surface area contributed by atoms with Gasteiger partial charge in [-0.05, 0) is 23.3 Å².